The van der Waals surface area contributed by atoms with E-state index in [0.29, 0.717) is 31.5 Å². The van der Waals surface area contributed by atoms with Crippen LogP contribution in [-0.4, -0.2) is 61.3 Å². The van der Waals surface area contributed by atoms with Gasteiger partial charge in [-0.3, -0.25) is 19.9 Å². The summed E-state index contributed by atoms with van der Waals surface area (Å²) in [6.07, 6.45) is 5.17. The number of hydroxylamine groups is 1. The zero-order valence-electron chi connectivity index (χ0n) is 22.8. The average Bonchev–Trinajstić information content (AvgIpc) is 2.94. The Morgan fingerprint density at radius 1 is 1.23 bits per heavy atom. The highest BCUT2D eigenvalue weighted by Gasteiger charge is 2.31. The molecule has 2 unspecified atom stereocenters. The fourth-order valence-electron chi connectivity index (χ4n) is 5.33. The third-order valence-electron chi connectivity index (χ3n) is 7.43. The van der Waals surface area contributed by atoms with Crippen molar-refractivity contribution in [1.82, 2.24) is 15.4 Å². The number of piperidine rings is 1. The minimum Gasteiger partial charge on any atom is -0.497 e. The summed E-state index contributed by atoms with van der Waals surface area (Å²) < 4.78 is 46.7. The molecule has 4 rings (SSSR count). The Morgan fingerprint density at radius 3 is 2.65 bits per heavy atom. The number of aromatic nitrogens is 1. The number of rotatable bonds is 8. The molecule has 0 saturated carbocycles. The normalized spacial score (nSPS) is 17.3. The van der Waals surface area contributed by atoms with Crippen molar-refractivity contribution < 1.29 is 27.9 Å². The number of carbonyl (C=O) groups excluding carboxylic acids is 1. The third-order valence-corrected chi connectivity index (χ3v) is 7.43. The number of pyridine rings is 1. The molecule has 0 radical (unpaired) electrons. The first-order valence-electron chi connectivity index (χ1n) is 13.2. The predicted octanol–water partition coefficient (Wildman–Crippen LogP) is 4.69. The molecular formula is C30H33F3N4O3. The van der Waals surface area contributed by atoms with Crippen molar-refractivity contribution in [3.63, 3.8) is 0 Å². The zero-order valence-corrected chi connectivity index (χ0v) is 22.8. The van der Waals surface area contributed by atoms with E-state index in [2.05, 4.69) is 21.7 Å². The standard InChI is InChI=1S/C30H33F3N4O3/c1-36(2)29-18-34-28-10-9-22(40-3)17-25(28)23(29)7-4-6-21-14-19(30(38)35-39)11-13-37(21)12-5-8-24-26(32)15-20(31)16-27(24)33/h9-10,15-19,21,39H,4,6-7,11-14H2,1-3H3,(H,35,38). The van der Waals surface area contributed by atoms with Crippen LogP contribution in [0.5, 0.6) is 5.75 Å². The molecule has 3 aromatic rings. The molecular weight excluding hydrogens is 521 g/mol. The van der Waals surface area contributed by atoms with Crippen LogP contribution in [-0.2, 0) is 11.2 Å². The Bertz CT molecular complexity index is 1410. The molecule has 0 spiro atoms. The van der Waals surface area contributed by atoms with Gasteiger partial charge in [0.25, 0.3) is 0 Å². The van der Waals surface area contributed by atoms with Gasteiger partial charge in [-0.2, -0.15) is 0 Å². The van der Waals surface area contributed by atoms with Gasteiger partial charge >= 0.3 is 0 Å². The van der Waals surface area contributed by atoms with Crippen molar-refractivity contribution in [1.29, 1.82) is 0 Å². The smallest absolute Gasteiger partial charge is 0.246 e. The highest BCUT2D eigenvalue weighted by atomic mass is 19.1. The van der Waals surface area contributed by atoms with E-state index in [9.17, 15) is 23.2 Å². The van der Waals surface area contributed by atoms with E-state index in [1.807, 2.05) is 43.4 Å². The van der Waals surface area contributed by atoms with Gasteiger partial charge < -0.3 is 9.64 Å². The minimum absolute atomic E-state index is 0.0429. The summed E-state index contributed by atoms with van der Waals surface area (Å²) in [6, 6.07) is 6.97. The predicted molar refractivity (Wildman–Crippen MR) is 147 cm³/mol. The van der Waals surface area contributed by atoms with Gasteiger partial charge in [-0.1, -0.05) is 11.8 Å². The van der Waals surface area contributed by atoms with Crippen LogP contribution in [0.15, 0.2) is 36.5 Å². The molecule has 0 bridgehead atoms. The molecule has 212 valence electrons. The quantitative estimate of drug-likeness (QED) is 0.239. The number of nitrogens with zero attached hydrogens (tertiary/aromatic N) is 3. The van der Waals surface area contributed by atoms with Gasteiger partial charge in [0.15, 0.2) is 0 Å². The molecule has 2 N–H and O–H groups in total. The molecule has 1 amide bonds. The Morgan fingerprint density at radius 2 is 1.98 bits per heavy atom. The number of nitrogens with one attached hydrogen (secondary N) is 1. The van der Waals surface area contributed by atoms with E-state index < -0.39 is 28.9 Å². The van der Waals surface area contributed by atoms with Gasteiger partial charge in [0.1, 0.15) is 23.2 Å². The molecule has 10 heteroatoms. The minimum atomic E-state index is -1.04. The van der Waals surface area contributed by atoms with Gasteiger partial charge in [-0.05, 0) is 55.9 Å². The lowest BCUT2D eigenvalue weighted by atomic mass is 9.87. The third kappa shape index (κ3) is 6.66. The zero-order chi connectivity index (χ0) is 28.8. The molecule has 0 aliphatic carbocycles. The summed E-state index contributed by atoms with van der Waals surface area (Å²) in [5.74, 6) is 2.21. The summed E-state index contributed by atoms with van der Waals surface area (Å²) in [4.78, 5) is 20.9. The SMILES string of the molecule is COc1ccc2ncc(N(C)C)c(CCCC3CC(C(=O)NO)CCN3CC#Cc3c(F)cc(F)cc3F)c2c1. The van der Waals surface area contributed by atoms with E-state index in [0.717, 1.165) is 47.2 Å². The number of ether oxygens (including phenoxy) is 1. The lowest BCUT2D eigenvalue weighted by Crippen LogP contribution is -2.46. The van der Waals surface area contributed by atoms with Crippen LogP contribution in [0.2, 0.25) is 0 Å². The van der Waals surface area contributed by atoms with Crippen molar-refractivity contribution in [2.45, 2.75) is 38.1 Å². The second-order valence-electron chi connectivity index (χ2n) is 10.2. The molecule has 1 aliphatic rings. The Labute approximate surface area is 231 Å². The van der Waals surface area contributed by atoms with E-state index in [4.69, 9.17) is 4.74 Å². The first-order chi connectivity index (χ1) is 19.2. The van der Waals surface area contributed by atoms with Crippen LogP contribution >= 0.6 is 0 Å². The fourth-order valence-corrected chi connectivity index (χ4v) is 5.33. The first kappa shape index (κ1) is 29.2. The highest BCUT2D eigenvalue weighted by Crippen LogP contribution is 2.32. The van der Waals surface area contributed by atoms with Crippen molar-refractivity contribution in [2.75, 3.05) is 39.2 Å². The number of aryl methyl sites for hydroxylation is 1. The number of methoxy groups -OCH3 is 1. The number of carbonyl (C=O) groups is 1. The average molecular weight is 555 g/mol. The number of fused-ring (bicyclic) bond motifs is 1. The molecule has 1 fully saturated rings. The number of halogens is 3. The van der Waals surface area contributed by atoms with Crippen LogP contribution in [0.1, 0.15) is 36.8 Å². The maximum absolute atomic E-state index is 14.0. The van der Waals surface area contributed by atoms with E-state index >= 15 is 0 Å². The lowest BCUT2D eigenvalue weighted by Gasteiger charge is -2.38. The molecule has 1 aromatic heterocycles. The number of likely N-dealkylation sites (tertiary alicyclic amines) is 1. The van der Waals surface area contributed by atoms with Crippen LogP contribution in [0.3, 0.4) is 0 Å². The van der Waals surface area contributed by atoms with Crippen molar-refractivity contribution in [2.24, 2.45) is 5.92 Å². The molecule has 1 saturated heterocycles. The lowest BCUT2D eigenvalue weighted by molar-refractivity contribution is -0.135. The van der Waals surface area contributed by atoms with E-state index in [1.54, 1.807) is 12.6 Å². The first-order valence-corrected chi connectivity index (χ1v) is 13.2. The number of anilines is 1. The number of hydrogen-bond donors (Lipinski definition) is 2. The maximum Gasteiger partial charge on any atom is 0.246 e. The number of benzene rings is 2. The van der Waals surface area contributed by atoms with Crippen molar-refractivity contribution >= 4 is 22.5 Å². The van der Waals surface area contributed by atoms with Crippen LogP contribution in [0, 0.1) is 35.2 Å². The topological polar surface area (TPSA) is 77.9 Å². The maximum atomic E-state index is 14.0. The summed E-state index contributed by atoms with van der Waals surface area (Å²) in [5.41, 5.74) is 4.31. The second-order valence-corrected chi connectivity index (χ2v) is 10.2. The van der Waals surface area contributed by atoms with Gasteiger partial charge in [0.05, 0.1) is 36.6 Å². The highest BCUT2D eigenvalue weighted by molar-refractivity contribution is 5.88. The molecule has 2 atom stereocenters. The van der Waals surface area contributed by atoms with Gasteiger partial charge in [0.2, 0.25) is 5.91 Å². The second kappa shape index (κ2) is 13.0. The number of hydrogen-bond acceptors (Lipinski definition) is 6. The summed E-state index contributed by atoms with van der Waals surface area (Å²) in [5, 5.41) is 10.2. The molecule has 2 aromatic carbocycles. The van der Waals surface area contributed by atoms with Crippen LogP contribution in [0.25, 0.3) is 10.9 Å². The van der Waals surface area contributed by atoms with E-state index in [-0.39, 0.29) is 18.5 Å². The number of amides is 1. The molecule has 1 aliphatic heterocycles. The monoisotopic (exact) mass is 554 g/mol. The largest absolute Gasteiger partial charge is 0.497 e. The van der Waals surface area contributed by atoms with Gasteiger partial charge in [0, 0.05) is 50.1 Å². The Hall–Kier alpha value is -3.81. The molecule has 7 nitrogen and oxygen atoms in total. The summed E-state index contributed by atoms with van der Waals surface area (Å²) in [7, 11) is 5.57. The molecule has 2 heterocycles. The Balaban J connectivity index is 1.53. The summed E-state index contributed by atoms with van der Waals surface area (Å²) >= 11 is 0. The van der Waals surface area contributed by atoms with Crippen LogP contribution in [0.4, 0.5) is 18.9 Å². The fraction of sp³-hybridized carbons (Fsp3) is 0.400. The van der Waals surface area contributed by atoms with Gasteiger partial charge in [-0.15, -0.1) is 0 Å². The Kier molecular flexibility index (Phi) is 9.50. The van der Waals surface area contributed by atoms with Crippen molar-refractivity contribution in [3.8, 4) is 17.6 Å². The summed E-state index contributed by atoms with van der Waals surface area (Å²) in [6.45, 7) is 0.761. The van der Waals surface area contributed by atoms with E-state index in [1.165, 1.54) is 0 Å². The van der Waals surface area contributed by atoms with Gasteiger partial charge in [-0.25, -0.2) is 18.7 Å². The van der Waals surface area contributed by atoms with Crippen LogP contribution < -0.4 is 15.1 Å². The molecule has 40 heavy (non-hydrogen) atoms. The van der Waals surface area contributed by atoms with Crippen molar-refractivity contribution in [3.05, 3.63) is 65.1 Å².